The van der Waals surface area contributed by atoms with Gasteiger partial charge < -0.3 is 14.0 Å². The number of sulfone groups is 1. The van der Waals surface area contributed by atoms with Crippen molar-refractivity contribution in [2.24, 2.45) is 7.05 Å². The molecule has 2 aromatic rings. The first-order valence-electron chi connectivity index (χ1n) is 5.62. The maximum Gasteiger partial charge on any atom is 0.249 e. The summed E-state index contributed by atoms with van der Waals surface area (Å²) in [5, 5.41) is 7.41. The summed E-state index contributed by atoms with van der Waals surface area (Å²) >= 11 is 6.03. The molecule has 106 valence electrons. The maximum absolute atomic E-state index is 12.3. The molecular weight excluding hydrogens is 306 g/mol. The lowest BCUT2D eigenvalue weighted by Gasteiger charge is -2.06. The van der Waals surface area contributed by atoms with Gasteiger partial charge in [-0.05, 0) is 17.7 Å². The molecule has 3 rings (SSSR count). The van der Waals surface area contributed by atoms with Crippen LogP contribution < -0.4 is 9.47 Å². The molecule has 0 fully saturated rings. The Morgan fingerprint density at radius 3 is 2.90 bits per heavy atom. The summed E-state index contributed by atoms with van der Waals surface area (Å²) in [6.07, 6.45) is 1.33. The van der Waals surface area contributed by atoms with Gasteiger partial charge in [-0.3, -0.25) is 0 Å². The smallest absolute Gasteiger partial charge is 0.249 e. The van der Waals surface area contributed by atoms with Gasteiger partial charge in [-0.15, -0.1) is 10.2 Å². The van der Waals surface area contributed by atoms with Gasteiger partial charge in [-0.2, -0.15) is 0 Å². The molecule has 0 aliphatic carbocycles. The first-order chi connectivity index (χ1) is 9.47. The fourth-order valence-electron chi connectivity index (χ4n) is 1.94. The van der Waals surface area contributed by atoms with Crippen LogP contribution in [-0.2, 0) is 22.6 Å². The zero-order chi connectivity index (χ0) is 14.3. The second-order valence-electron chi connectivity index (χ2n) is 4.29. The van der Waals surface area contributed by atoms with Crippen LogP contribution in [-0.4, -0.2) is 30.0 Å². The van der Waals surface area contributed by atoms with Crippen molar-refractivity contribution in [3.8, 4) is 11.5 Å². The minimum absolute atomic E-state index is 0.0779. The van der Waals surface area contributed by atoms with Gasteiger partial charge in [0.25, 0.3) is 0 Å². The number of rotatable bonds is 3. The Labute approximate surface area is 120 Å². The largest absolute Gasteiger partial charge is 0.454 e. The van der Waals surface area contributed by atoms with Crippen molar-refractivity contribution in [2.45, 2.75) is 10.9 Å². The molecule has 0 radical (unpaired) electrons. The molecule has 0 saturated carbocycles. The number of fused-ring (bicyclic) bond motifs is 1. The van der Waals surface area contributed by atoms with Crippen LogP contribution in [0.5, 0.6) is 11.5 Å². The van der Waals surface area contributed by atoms with E-state index in [-0.39, 0.29) is 17.7 Å². The Kier molecular flexibility index (Phi) is 3.06. The molecule has 0 N–H and O–H groups in total. The normalized spacial score (nSPS) is 13.7. The second kappa shape index (κ2) is 4.64. The number of benzene rings is 1. The highest BCUT2D eigenvalue weighted by molar-refractivity contribution is 7.90. The van der Waals surface area contributed by atoms with Crippen molar-refractivity contribution in [1.29, 1.82) is 0 Å². The van der Waals surface area contributed by atoms with Crippen molar-refractivity contribution in [1.82, 2.24) is 14.8 Å². The predicted molar refractivity (Wildman–Crippen MR) is 69.5 cm³/mol. The number of hydrogen-bond acceptors (Lipinski definition) is 6. The fourth-order valence-corrected chi connectivity index (χ4v) is 3.62. The molecule has 20 heavy (non-hydrogen) atoms. The summed E-state index contributed by atoms with van der Waals surface area (Å²) in [5.41, 5.74) is 0.502. The molecule has 9 heteroatoms. The molecule has 1 aliphatic rings. The molecule has 7 nitrogen and oxygen atoms in total. The van der Waals surface area contributed by atoms with Gasteiger partial charge in [-0.25, -0.2) is 8.42 Å². The number of ether oxygens (including phenoxy) is 2. The predicted octanol–water partition coefficient (Wildman–Crippen LogP) is 1.17. The lowest BCUT2D eigenvalue weighted by Crippen LogP contribution is -2.10. The third kappa shape index (κ3) is 2.20. The zero-order valence-electron chi connectivity index (χ0n) is 10.4. The highest BCUT2D eigenvalue weighted by Gasteiger charge is 2.24. The molecule has 2 heterocycles. The van der Waals surface area contributed by atoms with E-state index in [0.717, 1.165) is 0 Å². The van der Waals surface area contributed by atoms with Crippen LogP contribution in [0.15, 0.2) is 23.6 Å². The summed E-state index contributed by atoms with van der Waals surface area (Å²) in [6.45, 7) is 0.0779. The van der Waals surface area contributed by atoms with Crippen molar-refractivity contribution in [3.63, 3.8) is 0 Å². The molecule has 0 saturated heterocycles. The minimum atomic E-state index is -3.60. The molecule has 0 unspecified atom stereocenters. The van der Waals surface area contributed by atoms with Gasteiger partial charge >= 0.3 is 0 Å². The number of aromatic nitrogens is 3. The number of aryl methyl sites for hydroxylation is 1. The maximum atomic E-state index is 12.3. The van der Waals surface area contributed by atoms with Gasteiger partial charge in [0.1, 0.15) is 6.33 Å². The molecule has 0 bridgehead atoms. The topological polar surface area (TPSA) is 83.3 Å². The standard InChI is InChI=1S/C11H10ClN3O4S/c1-15-5-13-14-11(15)20(16,17)4-7-2-8(12)10-9(3-7)18-6-19-10/h2-3,5H,4,6H2,1H3. The van der Waals surface area contributed by atoms with E-state index >= 15 is 0 Å². The van der Waals surface area contributed by atoms with Gasteiger partial charge in [0.2, 0.25) is 21.8 Å². The van der Waals surface area contributed by atoms with Crippen molar-refractivity contribution >= 4 is 21.4 Å². The van der Waals surface area contributed by atoms with Crippen LogP contribution in [0.1, 0.15) is 5.56 Å². The fraction of sp³-hybridized carbons (Fsp3) is 0.273. The number of hydrogen-bond donors (Lipinski definition) is 0. The van der Waals surface area contributed by atoms with Crippen molar-refractivity contribution in [3.05, 3.63) is 29.0 Å². The van der Waals surface area contributed by atoms with Gasteiger partial charge in [0.05, 0.1) is 10.8 Å². The van der Waals surface area contributed by atoms with Gasteiger partial charge in [-0.1, -0.05) is 11.6 Å². The molecular formula is C11H10ClN3O4S. The van der Waals surface area contributed by atoms with E-state index < -0.39 is 9.84 Å². The number of nitrogens with zero attached hydrogens (tertiary/aromatic N) is 3. The zero-order valence-corrected chi connectivity index (χ0v) is 12.0. The third-order valence-electron chi connectivity index (χ3n) is 2.79. The molecule has 0 atom stereocenters. The van der Waals surface area contributed by atoms with Crippen LogP contribution in [0, 0.1) is 0 Å². The Hall–Kier alpha value is -1.80. The van der Waals surface area contributed by atoms with E-state index in [4.69, 9.17) is 21.1 Å². The van der Waals surface area contributed by atoms with Crippen molar-refractivity contribution in [2.75, 3.05) is 6.79 Å². The minimum Gasteiger partial charge on any atom is -0.454 e. The van der Waals surface area contributed by atoms with Gasteiger partial charge in [0.15, 0.2) is 11.5 Å². The molecule has 1 aliphatic heterocycles. The Morgan fingerprint density at radius 1 is 1.40 bits per heavy atom. The summed E-state index contributed by atoms with van der Waals surface area (Å²) in [5.74, 6) is 0.641. The average molecular weight is 316 g/mol. The lowest BCUT2D eigenvalue weighted by molar-refractivity contribution is 0.174. The van der Waals surface area contributed by atoms with Crippen LogP contribution in [0.2, 0.25) is 5.02 Å². The highest BCUT2D eigenvalue weighted by atomic mass is 35.5. The quantitative estimate of drug-likeness (QED) is 0.845. The summed E-state index contributed by atoms with van der Waals surface area (Å²) < 4.78 is 36.3. The summed E-state index contributed by atoms with van der Waals surface area (Å²) in [7, 11) is -2.03. The molecule has 1 aromatic heterocycles. The first-order valence-corrected chi connectivity index (χ1v) is 7.65. The highest BCUT2D eigenvalue weighted by Crippen LogP contribution is 2.40. The monoisotopic (exact) mass is 315 g/mol. The van der Waals surface area contributed by atoms with E-state index in [1.165, 1.54) is 10.9 Å². The van der Waals surface area contributed by atoms with Gasteiger partial charge in [0, 0.05) is 7.05 Å². The van der Waals surface area contributed by atoms with Crippen LogP contribution in [0.4, 0.5) is 0 Å². The third-order valence-corrected chi connectivity index (χ3v) is 4.71. The van der Waals surface area contributed by atoms with Crippen LogP contribution in [0.3, 0.4) is 0 Å². The SMILES string of the molecule is Cn1cnnc1S(=O)(=O)Cc1cc(Cl)c2c(c1)OCO2. The van der Waals surface area contributed by atoms with E-state index in [2.05, 4.69) is 10.2 Å². The molecule has 0 amide bonds. The Bertz CT molecular complexity index is 772. The van der Waals surface area contributed by atoms with Crippen LogP contribution >= 0.6 is 11.6 Å². The Morgan fingerprint density at radius 2 is 2.20 bits per heavy atom. The molecule has 0 spiro atoms. The average Bonchev–Trinajstić information content (AvgIpc) is 2.97. The van der Waals surface area contributed by atoms with Crippen molar-refractivity contribution < 1.29 is 17.9 Å². The summed E-state index contributed by atoms with van der Waals surface area (Å²) in [6, 6.07) is 3.14. The first kappa shape index (κ1) is 13.2. The molecule has 1 aromatic carbocycles. The lowest BCUT2D eigenvalue weighted by atomic mass is 10.2. The second-order valence-corrected chi connectivity index (χ2v) is 6.59. The van der Waals surface area contributed by atoms with E-state index in [0.29, 0.717) is 22.1 Å². The number of halogens is 1. The van der Waals surface area contributed by atoms with E-state index in [9.17, 15) is 8.42 Å². The summed E-state index contributed by atoms with van der Waals surface area (Å²) in [4.78, 5) is 0. The van der Waals surface area contributed by atoms with Crippen LogP contribution in [0.25, 0.3) is 0 Å². The van der Waals surface area contributed by atoms with E-state index in [1.807, 2.05) is 0 Å². The Balaban J connectivity index is 1.96. The van der Waals surface area contributed by atoms with E-state index in [1.54, 1.807) is 19.2 Å².